The van der Waals surface area contributed by atoms with Crippen molar-refractivity contribution in [3.8, 4) is 11.8 Å². The molecule has 0 bridgehead atoms. The number of rotatable bonds is 4. The molecule has 1 aromatic rings. The molecular formula is C16H21ClN2O. The van der Waals surface area contributed by atoms with Crippen molar-refractivity contribution in [2.75, 3.05) is 19.6 Å². The van der Waals surface area contributed by atoms with Gasteiger partial charge in [-0.3, -0.25) is 4.79 Å². The van der Waals surface area contributed by atoms with Crippen LogP contribution < -0.4 is 5.73 Å². The van der Waals surface area contributed by atoms with E-state index in [1.54, 1.807) is 18.2 Å². The molecule has 0 aliphatic carbocycles. The van der Waals surface area contributed by atoms with Gasteiger partial charge in [-0.05, 0) is 31.0 Å². The van der Waals surface area contributed by atoms with Crippen LogP contribution >= 0.6 is 11.6 Å². The first kappa shape index (κ1) is 16.6. The van der Waals surface area contributed by atoms with E-state index in [1.165, 1.54) is 0 Å². The fraction of sp³-hybridized carbons (Fsp3) is 0.438. The van der Waals surface area contributed by atoms with Crippen molar-refractivity contribution in [2.45, 2.75) is 20.8 Å². The van der Waals surface area contributed by atoms with Crippen LogP contribution in [0.4, 0.5) is 0 Å². The SMILES string of the molecule is CCN(CC(C)C)C(=O)c1ccc(C#CCN)c(Cl)c1. The van der Waals surface area contributed by atoms with Crippen LogP contribution in [0.15, 0.2) is 18.2 Å². The number of amides is 1. The molecule has 0 fully saturated rings. The van der Waals surface area contributed by atoms with Crippen LogP contribution in [0.25, 0.3) is 0 Å². The van der Waals surface area contributed by atoms with Gasteiger partial charge in [-0.15, -0.1) is 0 Å². The summed E-state index contributed by atoms with van der Waals surface area (Å²) in [6.07, 6.45) is 0. The van der Waals surface area contributed by atoms with Gasteiger partial charge in [0.25, 0.3) is 5.91 Å². The van der Waals surface area contributed by atoms with Gasteiger partial charge in [0.15, 0.2) is 0 Å². The number of carbonyl (C=O) groups excluding carboxylic acids is 1. The molecule has 0 aliphatic heterocycles. The van der Waals surface area contributed by atoms with Crippen LogP contribution in [0.5, 0.6) is 0 Å². The van der Waals surface area contributed by atoms with E-state index in [-0.39, 0.29) is 12.5 Å². The summed E-state index contributed by atoms with van der Waals surface area (Å²) in [5.41, 5.74) is 6.62. The van der Waals surface area contributed by atoms with E-state index in [9.17, 15) is 4.79 Å². The summed E-state index contributed by atoms with van der Waals surface area (Å²) >= 11 is 6.15. The van der Waals surface area contributed by atoms with Crippen molar-refractivity contribution >= 4 is 17.5 Å². The minimum absolute atomic E-state index is 0.00133. The number of halogens is 1. The molecule has 0 saturated carbocycles. The Kier molecular flexibility index (Phi) is 6.57. The Morgan fingerprint density at radius 2 is 2.15 bits per heavy atom. The number of benzene rings is 1. The number of carbonyl (C=O) groups is 1. The average Bonchev–Trinajstić information content (AvgIpc) is 2.42. The highest BCUT2D eigenvalue weighted by atomic mass is 35.5. The Labute approximate surface area is 126 Å². The smallest absolute Gasteiger partial charge is 0.253 e. The predicted octanol–water partition coefficient (Wildman–Crippen LogP) is 2.77. The van der Waals surface area contributed by atoms with Crippen molar-refractivity contribution in [3.05, 3.63) is 34.3 Å². The molecule has 3 nitrogen and oxygen atoms in total. The van der Waals surface area contributed by atoms with Crippen LogP contribution in [0.1, 0.15) is 36.7 Å². The summed E-state index contributed by atoms with van der Waals surface area (Å²) in [5, 5.41) is 0.484. The zero-order valence-electron chi connectivity index (χ0n) is 12.2. The first-order chi connectivity index (χ1) is 9.49. The van der Waals surface area contributed by atoms with E-state index < -0.39 is 0 Å². The molecule has 4 heteroatoms. The zero-order valence-corrected chi connectivity index (χ0v) is 13.0. The second kappa shape index (κ2) is 7.94. The molecule has 1 amide bonds. The van der Waals surface area contributed by atoms with Gasteiger partial charge in [-0.1, -0.05) is 37.3 Å². The van der Waals surface area contributed by atoms with Crippen LogP contribution in [-0.4, -0.2) is 30.4 Å². The summed E-state index contributed by atoms with van der Waals surface area (Å²) in [7, 11) is 0. The van der Waals surface area contributed by atoms with E-state index in [0.29, 0.717) is 28.6 Å². The fourth-order valence-corrected chi connectivity index (χ4v) is 2.10. The lowest BCUT2D eigenvalue weighted by Gasteiger charge is -2.23. The van der Waals surface area contributed by atoms with Crippen molar-refractivity contribution < 1.29 is 4.79 Å². The molecule has 0 unspecified atom stereocenters. The molecule has 0 heterocycles. The summed E-state index contributed by atoms with van der Waals surface area (Å²) < 4.78 is 0. The second-order valence-electron chi connectivity index (χ2n) is 4.94. The van der Waals surface area contributed by atoms with Crippen LogP contribution in [0.3, 0.4) is 0 Å². The molecule has 1 aromatic carbocycles. The number of hydrogen-bond acceptors (Lipinski definition) is 2. The van der Waals surface area contributed by atoms with Crippen molar-refractivity contribution in [2.24, 2.45) is 11.7 Å². The molecule has 0 aromatic heterocycles. The normalized spacial score (nSPS) is 10.1. The van der Waals surface area contributed by atoms with E-state index in [0.717, 1.165) is 6.54 Å². The molecule has 20 heavy (non-hydrogen) atoms. The monoisotopic (exact) mass is 292 g/mol. The molecule has 0 saturated heterocycles. The largest absolute Gasteiger partial charge is 0.339 e. The maximum atomic E-state index is 12.4. The highest BCUT2D eigenvalue weighted by molar-refractivity contribution is 6.32. The molecule has 108 valence electrons. The van der Waals surface area contributed by atoms with Gasteiger partial charge in [0.1, 0.15) is 0 Å². The third-order valence-electron chi connectivity index (χ3n) is 2.80. The van der Waals surface area contributed by atoms with Crippen molar-refractivity contribution in [3.63, 3.8) is 0 Å². The van der Waals surface area contributed by atoms with E-state index in [1.807, 2.05) is 11.8 Å². The quantitative estimate of drug-likeness (QED) is 0.868. The molecule has 1 rings (SSSR count). The third-order valence-corrected chi connectivity index (χ3v) is 3.11. The van der Waals surface area contributed by atoms with Gasteiger partial charge in [0.2, 0.25) is 0 Å². The average molecular weight is 293 g/mol. The first-order valence-corrected chi connectivity index (χ1v) is 7.15. The molecular weight excluding hydrogens is 272 g/mol. The van der Waals surface area contributed by atoms with Crippen LogP contribution in [-0.2, 0) is 0 Å². The molecule has 2 N–H and O–H groups in total. The maximum absolute atomic E-state index is 12.4. The topological polar surface area (TPSA) is 46.3 Å². The fourth-order valence-electron chi connectivity index (χ4n) is 1.87. The number of hydrogen-bond donors (Lipinski definition) is 1. The van der Waals surface area contributed by atoms with E-state index in [2.05, 4.69) is 25.7 Å². The van der Waals surface area contributed by atoms with Gasteiger partial charge in [-0.25, -0.2) is 0 Å². The molecule has 0 atom stereocenters. The lowest BCUT2D eigenvalue weighted by atomic mass is 10.1. The Morgan fingerprint density at radius 3 is 2.65 bits per heavy atom. The first-order valence-electron chi connectivity index (χ1n) is 6.77. The van der Waals surface area contributed by atoms with Crippen LogP contribution in [0, 0.1) is 17.8 Å². The minimum Gasteiger partial charge on any atom is -0.339 e. The van der Waals surface area contributed by atoms with Crippen molar-refractivity contribution in [1.82, 2.24) is 4.90 Å². The molecule has 0 aliphatic rings. The van der Waals surface area contributed by atoms with Gasteiger partial charge < -0.3 is 10.6 Å². The van der Waals surface area contributed by atoms with Crippen molar-refractivity contribution in [1.29, 1.82) is 0 Å². The van der Waals surface area contributed by atoms with Gasteiger partial charge in [0.05, 0.1) is 11.6 Å². The van der Waals surface area contributed by atoms with Gasteiger partial charge in [0, 0.05) is 24.2 Å². The molecule has 0 radical (unpaired) electrons. The Balaban J connectivity index is 2.96. The van der Waals surface area contributed by atoms with Gasteiger partial charge in [-0.2, -0.15) is 0 Å². The van der Waals surface area contributed by atoms with E-state index in [4.69, 9.17) is 17.3 Å². The highest BCUT2D eigenvalue weighted by Crippen LogP contribution is 2.18. The summed E-state index contributed by atoms with van der Waals surface area (Å²) in [6, 6.07) is 5.20. The third kappa shape index (κ3) is 4.56. The lowest BCUT2D eigenvalue weighted by molar-refractivity contribution is 0.0746. The Hall–Kier alpha value is -1.50. The van der Waals surface area contributed by atoms with Crippen LogP contribution in [0.2, 0.25) is 5.02 Å². The summed E-state index contributed by atoms with van der Waals surface area (Å²) in [5.74, 6) is 6.07. The number of nitrogens with zero attached hydrogens (tertiary/aromatic N) is 1. The standard InChI is InChI=1S/C16H21ClN2O/c1-4-19(11-12(2)3)16(20)14-8-7-13(6-5-9-18)15(17)10-14/h7-8,10,12H,4,9,11,18H2,1-3H3. The highest BCUT2D eigenvalue weighted by Gasteiger charge is 2.16. The van der Waals surface area contributed by atoms with E-state index >= 15 is 0 Å². The zero-order chi connectivity index (χ0) is 15.1. The predicted molar refractivity (Wildman–Crippen MR) is 83.8 cm³/mol. The minimum atomic E-state index is 0.00133. The molecule has 0 spiro atoms. The second-order valence-corrected chi connectivity index (χ2v) is 5.35. The van der Waals surface area contributed by atoms with Gasteiger partial charge >= 0.3 is 0 Å². The summed E-state index contributed by atoms with van der Waals surface area (Å²) in [6.45, 7) is 7.87. The number of nitrogens with two attached hydrogens (primary N) is 1. The lowest BCUT2D eigenvalue weighted by Crippen LogP contribution is -2.34. The summed E-state index contributed by atoms with van der Waals surface area (Å²) in [4.78, 5) is 14.2. The Bertz CT molecular complexity index is 529. The Morgan fingerprint density at radius 1 is 1.45 bits per heavy atom. The maximum Gasteiger partial charge on any atom is 0.253 e.